The summed E-state index contributed by atoms with van der Waals surface area (Å²) < 4.78 is 18.3. The number of aromatic amines is 1. The van der Waals surface area contributed by atoms with Crippen LogP contribution in [0.4, 0.5) is 4.39 Å². The predicted molar refractivity (Wildman–Crippen MR) is 72.5 cm³/mol. The number of aromatic nitrogens is 2. The van der Waals surface area contributed by atoms with Crippen LogP contribution in [0.2, 0.25) is 0 Å². The summed E-state index contributed by atoms with van der Waals surface area (Å²) in [6.45, 7) is 3.84. The average Bonchev–Trinajstić information content (AvgIpc) is 2.88. The van der Waals surface area contributed by atoms with E-state index in [1.165, 1.54) is 13.2 Å². The summed E-state index contributed by atoms with van der Waals surface area (Å²) in [6.07, 6.45) is 2.88. The highest BCUT2D eigenvalue weighted by Crippen LogP contribution is 2.24. The quantitative estimate of drug-likeness (QED) is 0.788. The van der Waals surface area contributed by atoms with Crippen LogP contribution in [0.25, 0.3) is 11.4 Å². The number of H-pyrrole nitrogens is 1. The smallest absolute Gasteiger partial charge is 0.165 e. The molecule has 4 nitrogen and oxygen atoms in total. The minimum Gasteiger partial charge on any atom is -0.494 e. The first kappa shape index (κ1) is 13.5. The zero-order valence-electron chi connectivity index (χ0n) is 11.2. The van der Waals surface area contributed by atoms with Gasteiger partial charge < -0.3 is 15.0 Å². The molecular formula is C14H18FN3O. The fraction of sp³-hybridized carbons (Fsp3) is 0.357. The Labute approximate surface area is 112 Å². The topological polar surface area (TPSA) is 49.9 Å². The number of hydrogen-bond acceptors (Lipinski definition) is 3. The number of hydrogen-bond donors (Lipinski definition) is 2. The molecule has 0 atom stereocenters. The predicted octanol–water partition coefficient (Wildman–Crippen LogP) is 2.72. The summed E-state index contributed by atoms with van der Waals surface area (Å²) in [5.74, 6) is 0.564. The van der Waals surface area contributed by atoms with Crippen LogP contribution in [0.3, 0.4) is 0 Å². The van der Waals surface area contributed by atoms with E-state index in [4.69, 9.17) is 4.74 Å². The van der Waals surface area contributed by atoms with E-state index < -0.39 is 0 Å². The highest BCUT2D eigenvalue weighted by molar-refractivity contribution is 5.58. The molecule has 2 N–H and O–H groups in total. The van der Waals surface area contributed by atoms with Crippen molar-refractivity contribution in [3.05, 3.63) is 35.9 Å². The van der Waals surface area contributed by atoms with Gasteiger partial charge in [-0.15, -0.1) is 0 Å². The molecule has 19 heavy (non-hydrogen) atoms. The highest BCUT2D eigenvalue weighted by Gasteiger charge is 2.08. The Bertz CT molecular complexity index is 539. The van der Waals surface area contributed by atoms with Crippen LogP contribution in [0, 0.1) is 5.82 Å². The van der Waals surface area contributed by atoms with E-state index in [0.29, 0.717) is 5.82 Å². The van der Waals surface area contributed by atoms with Gasteiger partial charge in [0.05, 0.1) is 7.11 Å². The fourth-order valence-electron chi connectivity index (χ4n) is 1.80. The van der Waals surface area contributed by atoms with Gasteiger partial charge in [0.15, 0.2) is 11.6 Å². The summed E-state index contributed by atoms with van der Waals surface area (Å²) in [7, 11) is 1.45. The number of imidazole rings is 1. The normalized spacial score (nSPS) is 10.7. The molecule has 0 saturated heterocycles. The van der Waals surface area contributed by atoms with Crippen molar-refractivity contribution in [1.29, 1.82) is 0 Å². The monoisotopic (exact) mass is 263 g/mol. The highest BCUT2D eigenvalue weighted by atomic mass is 19.1. The van der Waals surface area contributed by atoms with Crippen LogP contribution in [0.15, 0.2) is 24.4 Å². The summed E-state index contributed by atoms with van der Waals surface area (Å²) >= 11 is 0. The van der Waals surface area contributed by atoms with Crippen molar-refractivity contribution in [1.82, 2.24) is 15.3 Å². The third kappa shape index (κ3) is 3.32. The van der Waals surface area contributed by atoms with Crippen LogP contribution in [-0.2, 0) is 6.54 Å². The first-order chi connectivity index (χ1) is 9.24. The number of nitrogens with one attached hydrogen (secondary N) is 2. The molecule has 0 aliphatic heterocycles. The van der Waals surface area contributed by atoms with E-state index >= 15 is 0 Å². The second-order valence-corrected chi connectivity index (χ2v) is 4.28. The van der Waals surface area contributed by atoms with Gasteiger partial charge in [-0.2, -0.15) is 0 Å². The van der Waals surface area contributed by atoms with Crippen molar-refractivity contribution in [2.75, 3.05) is 13.7 Å². The molecule has 0 radical (unpaired) electrons. The second-order valence-electron chi connectivity index (χ2n) is 4.28. The van der Waals surface area contributed by atoms with Crippen LogP contribution < -0.4 is 10.1 Å². The molecule has 0 bridgehead atoms. The van der Waals surface area contributed by atoms with Gasteiger partial charge >= 0.3 is 0 Å². The lowest BCUT2D eigenvalue weighted by molar-refractivity contribution is 0.387. The molecule has 1 aromatic heterocycles. The van der Waals surface area contributed by atoms with Crippen molar-refractivity contribution < 1.29 is 9.13 Å². The Hall–Kier alpha value is -1.88. The summed E-state index contributed by atoms with van der Waals surface area (Å²) in [4.78, 5) is 7.50. The molecule has 2 aromatic rings. The van der Waals surface area contributed by atoms with Gasteiger partial charge in [-0.05, 0) is 31.2 Å². The van der Waals surface area contributed by atoms with Crippen molar-refractivity contribution in [3.8, 4) is 17.1 Å². The molecule has 0 aliphatic carbocycles. The lowest BCUT2D eigenvalue weighted by Crippen LogP contribution is -2.13. The molecule has 0 spiro atoms. The maximum Gasteiger partial charge on any atom is 0.165 e. The Balaban J connectivity index is 2.13. The first-order valence-corrected chi connectivity index (χ1v) is 6.33. The molecule has 0 aliphatic rings. The average molecular weight is 263 g/mol. The van der Waals surface area contributed by atoms with E-state index in [0.717, 1.165) is 30.8 Å². The van der Waals surface area contributed by atoms with Gasteiger partial charge in [0, 0.05) is 24.0 Å². The molecule has 0 fully saturated rings. The van der Waals surface area contributed by atoms with E-state index in [-0.39, 0.29) is 11.6 Å². The summed E-state index contributed by atoms with van der Waals surface area (Å²) in [5, 5.41) is 3.29. The van der Waals surface area contributed by atoms with E-state index in [1.54, 1.807) is 18.3 Å². The van der Waals surface area contributed by atoms with Crippen molar-refractivity contribution in [2.24, 2.45) is 0 Å². The Morgan fingerprint density at radius 3 is 3.00 bits per heavy atom. The molecule has 102 valence electrons. The Morgan fingerprint density at radius 1 is 1.42 bits per heavy atom. The molecule has 1 aromatic carbocycles. The maximum atomic E-state index is 13.3. The summed E-state index contributed by atoms with van der Waals surface area (Å²) in [6, 6.07) is 4.70. The second kappa shape index (κ2) is 6.33. The zero-order valence-corrected chi connectivity index (χ0v) is 11.2. The van der Waals surface area contributed by atoms with Crippen LogP contribution in [-0.4, -0.2) is 23.6 Å². The van der Waals surface area contributed by atoms with Gasteiger partial charge in [0.1, 0.15) is 5.82 Å². The van der Waals surface area contributed by atoms with Gasteiger partial charge in [-0.25, -0.2) is 9.37 Å². The molecule has 1 heterocycles. The maximum absolute atomic E-state index is 13.3. The largest absolute Gasteiger partial charge is 0.494 e. The number of benzene rings is 1. The Morgan fingerprint density at radius 2 is 2.26 bits per heavy atom. The molecule has 5 heteroatoms. The minimum absolute atomic E-state index is 0.222. The van der Waals surface area contributed by atoms with Crippen molar-refractivity contribution >= 4 is 0 Å². The van der Waals surface area contributed by atoms with Crippen LogP contribution >= 0.6 is 0 Å². The van der Waals surface area contributed by atoms with Gasteiger partial charge in [0.25, 0.3) is 0 Å². The molecule has 2 rings (SSSR count). The standard InChI is InChI=1S/C14H18FN3O/c1-3-6-16-8-11-9-17-14(18-11)10-4-5-12(15)13(7-10)19-2/h4-5,7,9,16H,3,6,8H2,1-2H3,(H,17,18). The van der Waals surface area contributed by atoms with Crippen LogP contribution in [0.1, 0.15) is 19.0 Å². The van der Waals surface area contributed by atoms with E-state index in [1.807, 2.05) is 0 Å². The SMILES string of the molecule is CCCNCc1cnc(-c2ccc(F)c(OC)c2)[nH]1. The number of methoxy groups -OCH3 is 1. The van der Waals surface area contributed by atoms with Gasteiger partial charge in [-0.3, -0.25) is 0 Å². The molecule has 0 amide bonds. The number of rotatable bonds is 6. The molecule has 0 unspecified atom stereocenters. The first-order valence-electron chi connectivity index (χ1n) is 6.33. The number of nitrogens with zero attached hydrogens (tertiary/aromatic N) is 1. The van der Waals surface area contributed by atoms with Gasteiger partial charge in [-0.1, -0.05) is 6.92 Å². The van der Waals surface area contributed by atoms with E-state index in [9.17, 15) is 4.39 Å². The fourth-order valence-corrected chi connectivity index (χ4v) is 1.80. The lowest BCUT2D eigenvalue weighted by Gasteiger charge is -2.04. The third-order valence-corrected chi connectivity index (χ3v) is 2.80. The minimum atomic E-state index is -0.373. The van der Waals surface area contributed by atoms with Gasteiger partial charge in [0.2, 0.25) is 0 Å². The molecular weight excluding hydrogens is 245 g/mol. The number of ether oxygens (including phenoxy) is 1. The molecule has 0 saturated carbocycles. The third-order valence-electron chi connectivity index (χ3n) is 2.80. The van der Waals surface area contributed by atoms with Crippen LogP contribution in [0.5, 0.6) is 5.75 Å². The number of halogens is 1. The van der Waals surface area contributed by atoms with E-state index in [2.05, 4.69) is 22.2 Å². The summed E-state index contributed by atoms with van der Waals surface area (Å²) in [5.41, 5.74) is 1.81. The lowest BCUT2D eigenvalue weighted by atomic mass is 10.2. The van der Waals surface area contributed by atoms with Crippen molar-refractivity contribution in [3.63, 3.8) is 0 Å². The Kier molecular flexibility index (Phi) is 4.52. The van der Waals surface area contributed by atoms with Crippen molar-refractivity contribution in [2.45, 2.75) is 19.9 Å². The zero-order chi connectivity index (χ0) is 13.7.